The van der Waals surface area contributed by atoms with Crippen molar-refractivity contribution in [1.82, 2.24) is 5.32 Å². The summed E-state index contributed by atoms with van der Waals surface area (Å²) in [5, 5.41) is 3.35. The molecule has 1 fully saturated rings. The fourth-order valence-electron chi connectivity index (χ4n) is 2.76. The molecule has 0 bridgehead atoms. The van der Waals surface area contributed by atoms with Gasteiger partial charge in [-0.15, -0.1) is 13.2 Å². The van der Waals surface area contributed by atoms with Gasteiger partial charge in [-0.2, -0.15) is 11.8 Å². The maximum absolute atomic E-state index is 12.1. The van der Waals surface area contributed by atoms with Crippen LogP contribution in [-0.4, -0.2) is 30.0 Å². The Morgan fingerprint density at radius 2 is 2.00 bits per heavy atom. The summed E-state index contributed by atoms with van der Waals surface area (Å²) in [4.78, 5) is 0. The first-order chi connectivity index (χ1) is 9.82. The van der Waals surface area contributed by atoms with Gasteiger partial charge >= 0.3 is 6.36 Å². The SMILES string of the molecule is CNC(Cc1ccc(OC(F)(F)F)cc1)C1(C)CCCS1. The van der Waals surface area contributed by atoms with Crippen LogP contribution in [0.1, 0.15) is 25.3 Å². The molecule has 1 aromatic carbocycles. The van der Waals surface area contributed by atoms with Crippen molar-refractivity contribution in [2.45, 2.75) is 43.3 Å². The summed E-state index contributed by atoms with van der Waals surface area (Å²) in [6, 6.07) is 6.46. The van der Waals surface area contributed by atoms with Crippen LogP contribution in [0.15, 0.2) is 24.3 Å². The molecular formula is C15H20F3NOS. The molecule has 0 radical (unpaired) electrons. The third-order valence-corrected chi connectivity index (χ3v) is 5.57. The lowest BCUT2D eigenvalue weighted by Crippen LogP contribution is -2.45. The van der Waals surface area contributed by atoms with Gasteiger partial charge in [0.15, 0.2) is 0 Å². The van der Waals surface area contributed by atoms with Crippen molar-refractivity contribution in [1.29, 1.82) is 0 Å². The van der Waals surface area contributed by atoms with Crippen molar-refractivity contribution < 1.29 is 17.9 Å². The van der Waals surface area contributed by atoms with Crippen LogP contribution in [0.5, 0.6) is 5.75 Å². The fourth-order valence-corrected chi connectivity index (χ4v) is 4.21. The predicted octanol–water partition coefficient (Wildman–Crippen LogP) is 4.00. The van der Waals surface area contributed by atoms with Gasteiger partial charge in [0.25, 0.3) is 0 Å². The number of rotatable bonds is 5. The van der Waals surface area contributed by atoms with Gasteiger partial charge in [0.05, 0.1) is 0 Å². The molecule has 1 aromatic rings. The van der Waals surface area contributed by atoms with E-state index in [-0.39, 0.29) is 10.5 Å². The molecule has 1 aliphatic heterocycles. The van der Waals surface area contributed by atoms with Crippen LogP contribution in [-0.2, 0) is 6.42 Å². The lowest BCUT2D eigenvalue weighted by Gasteiger charge is -2.33. The van der Waals surface area contributed by atoms with E-state index < -0.39 is 6.36 Å². The molecule has 118 valence electrons. The quantitative estimate of drug-likeness (QED) is 0.886. The summed E-state index contributed by atoms with van der Waals surface area (Å²) >= 11 is 1.97. The minimum atomic E-state index is -4.64. The molecule has 1 aliphatic rings. The Kier molecular flexibility index (Phi) is 5.09. The summed E-state index contributed by atoms with van der Waals surface area (Å²) in [6.45, 7) is 2.26. The topological polar surface area (TPSA) is 21.3 Å². The molecule has 0 aromatic heterocycles. The Bertz CT molecular complexity index is 455. The van der Waals surface area contributed by atoms with Gasteiger partial charge in [-0.3, -0.25) is 0 Å². The largest absolute Gasteiger partial charge is 0.573 e. The minimum Gasteiger partial charge on any atom is -0.406 e. The van der Waals surface area contributed by atoms with E-state index in [4.69, 9.17) is 0 Å². The molecular weight excluding hydrogens is 299 g/mol. The first-order valence-electron chi connectivity index (χ1n) is 6.98. The molecule has 1 heterocycles. The Labute approximate surface area is 127 Å². The van der Waals surface area contributed by atoms with Gasteiger partial charge < -0.3 is 10.1 Å². The second-order valence-electron chi connectivity index (χ2n) is 5.50. The van der Waals surface area contributed by atoms with Crippen LogP contribution >= 0.6 is 11.8 Å². The highest BCUT2D eigenvalue weighted by Crippen LogP contribution is 2.41. The number of benzene rings is 1. The Morgan fingerprint density at radius 3 is 2.48 bits per heavy atom. The third kappa shape index (κ3) is 4.54. The Hall–Kier alpha value is -0.880. The minimum absolute atomic E-state index is 0.172. The molecule has 1 N–H and O–H groups in total. The normalized spacial score (nSPS) is 24.0. The van der Waals surface area contributed by atoms with E-state index in [2.05, 4.69) is 17.0 Å². The molecule has 6 heteroatoms. The maximum atomic E-state index is 12.1. The van der Waals surface area contributed by atoms with Gasteiger partial charge in [0, 0.05) is 10.8 Å². The van der Waals surface area contributed by atoms with Gasteiger partial charge in [-0.05, 0) is 56.7 Å². The van der Waals surface area contributed by atoms with Crippen molar-refractivity contribution in [2.75, 3.05) is 12.8 Å². The summed E-state index contributed by atoms with van der Waals surface area (Å²) in [5.74, 6) is 1.00. The highest BCUT2D eigenvalue weighted by Gasteiger charge is 2.37. The van der Waals surface area contributed by atoms with Gasteiger partial charge in [-0.1, -0.05) is 12.1 Å². The smallest absolute Gasteiger partial charge is 0.406 e. The molecule has 2 unspecified atom stereocenters. The highest BCUT2D eigenvalue weighted by atomic mass is 32.2. The average molecular weight is 319 g/mol. The van der Waals surface area contributed by atoms with Crippen LogP contribution in [0.25, 0.3) is 0 Å². The summed E-state index contributed by atoms with van der Waals surface area (Å²) in [6.07, 6.45) is -1.45. The molecule has 0 saturated carbocycles. The molecule has 0 amide bonds. The number of alkyl halides is 3. The predicted molar refractivity (Wildman–Crippen MR) is 79.8 cm³/mol. The molecule has 2 rings (SSSR count). The second kappa shape index (κ2) is 6.48. The van der Waals surface area contributed by atoms with Crippen molar-refractivity contribution in [3.63, 3.8) is 0 Å². The molecule has 1 saturated heterocycles. The molecule has 2 nitrogen and oxygen atoms in total. The third-order valence-electron chi connectivity index (χ3n) is 3.93. The lowest BCUT2D eigenvalue weighted by molar-refractivity contribution is -0.274. The highest BCUT2D eigenvalue weighted by molar-refractivity contribution is 8.00. The molecule has 0 spiro atoms. The number of thioether (sulfide) groups is 1. The monoisotopic (exact) mass is 319 g/mol. The van der Waals surface area contributed by atoms with Crippen LogP contribution in [0.2, 0.25) is 0 Å². The van der Waals surface area contributed by atoms with E-state index in [0.717, 1.165) is 12.0 Å². The first kappa shape index (κ1) is 16.5. The average Bonchev–Trinajstić information content (AvgIpc) is 2.84. The number of ether oxygens (including phenoxy) is 1. The van der Waals surface area contributed by atoms with Gasteiger partial charge in [-0.25, -0.2) is 0 Å². The van der Waals surface area contributed by atoms with Gasteiger partial charge in [0.1, 0.15) is 5.75 Å². The van der Waals surface area contributed by atoms with Gasteiger partial charge in [0.2, 0.25) is 0 Å². The maximum Gasteiger partial charge on any atom is 0.573 e. The Morgan fingerprint density at radius 1 is 1.33 bits per heavy atom. The van der Waals surface area contributed by atoms with Crippen molar-refractivity contribution >= 4 is 11.8 Å². The zero-order valence-electron chi connectivity index (χ0n) is 12.2. The summed E-state index contributed by atoms with van der Waals surface area (Å²) in [5.41, 5.74) is 1.01. The van der Waals surface area contributed by atoms with Crippen LogP contribution in [0, 0.1) is 0 Å². The zero-order chi connectivity index (χ0) is 15.5. The lowest BCUT2D eigenvalue weighted by atomic mass is 9.91. The molecule has 21 heavy (non-hydrogen) atoms. The molecule has 2 atom stereocenters. The Balaban J connectivity index is 2.01. The zero-order valence-corrected chi connectivity index (χ0v) is 13.0. The number of hydrogen-bond donors (Lipinski definition) is 1. The van der Waals surface area contributed by atoms with Crippen LogP contribution in [0.3, 0.4) is 0 Å². The van der Waals surface area contributed by atoms with Crippen molar-refractivity contribution in [2.24, 2.45) is 0 Å². The summed E-state index contributed by atoms with van der Waals surface area (Å²) < 4.78 is 40.5. The van der Waals surface area contributed by atoms with Crippen molar-refractivity contribution in [3.8, 4) is 5.75 Å². The van der Waals surface area contributed by atoms with E-state index in [1.54, 1.807) is 12.1 Å². The number of likely N-dealkylation sites (N-methyl/N-ethyl adjacent to an activating group) is 1. The number of nitrogens with one attached hydrogen (secondary N) is 1. The van der Waals surface area contributed by atoms with Crippen LogP contribution in [0.4, 0.5) is 13.2 Å². The van der Waals surface area contributed by atoms with E-state index in [0.29, 0.717) is 6.04 Å². The number of halogens is 3. The van der Waals surface area contributed by atoms with E-state index in [9.17, 15) is 13.2 Å². The fraction of sp³-hybridized carbons (Fsp3) is 0.600. The summed E-state index contributed by atoms with van der Waals surface area (Å²) in [7, 11) is 1.94. The van der Waals surface area contributed by atoms with Crippen LogP contribution < -0.4 is 10.1 Å². The van der Waals surface area contributed by atoms with E-state index in [1.807, 2.05) is 18.8 Å². The van der Waals surface area contributed by atoms with E-state index in [1.165, 1.54) is 30.7 Å². The second-order valence-corrected chi connectivity index (χ2v) is 7.13. The van der Waals surface area contributed by atoms with E-state index >= 15 is 0 Å². The number of hydrogen-bond acceptors (Lipinski definition) is 3. The molecule has 0 aliphatic carbocycles. The standard InChI is InChI=1S/C15H20F3NOS/c1-14(8-3-9-21-14)13(19-2)10-11-4-6-12(7-5-11)20-15(16,17)18/h4-7,13,19H,3,8-10H2,1-2H3. The van der Waals surface area contributed by atoms with Crippen molar-refractivity contribution in [3.05, 3.63) is 29.8 Å². The first-order valence-corrected chi connectivity index (χ1v) is 7.97.